The minimum Gasteiger partial charge on any atom is -0.340 e. The minimum atomic E-state index is -0.511. The Morgan fingerprint density at radius 3 is 2.63 bits per heavy atom. The first-order valence-electron chi connectivity index (χ1n) is 10.2. The molecule has 0 saturated carbocycles. The van der Waals surface area contributed by atoms with Crippen LogP contribution in [0, 0.1) is 5.82 Å². The number of likely N-dealkylation sites (N-methyl/N-ethyl adjacent to an activating group) is 1. The molecule has 1 N–H and O–H groups in total. The summed E-state index contributed by atoms with van der Waals surface area (Å²) in [6.45, 7) is 6.03. The van der Waals surface area contributed by atoms with Gasteiger partial charge >= 0.3 is 6.03 Å². The van der Waals surface area contributed by atoms with Crippen LogP contribution < -0.4 is 5.32 Å². The fraction of sp³-hybridized carbons (Fsp3) is 0.550. The Hall–Kier alpha value is -2.39. The number of piperazine rings is 1. The Morgan fingerprint density at radius 2 is 1.97 bits per heavy atom. The van der Waals surface area contributed by atoms with E-state index >= 15 is 0 Å². The van der Waals surface area contributed by atoms with Crippen molar-refractivity contribution in [2.24, 2.45) is 4.99 Å². The molecule has 0 aromatic heterocycles. The van der Waals surface area contributed by atoms with Gasteiger partial charge in [-0.25, -0.2) is 14.2 Å². The zero-order chi connectivity index (χ0) is 21.4. The van der Waals surface area contributed by atoms with Gasteiger partial charge in [-0.1, -0.05) is 24.6 Å². The van der Waals surface area contributed by atoms with E-state index < -0.39 is 18.2 Å². The maximum absolute atomic E-state index is 14.1. The van der Waals surface area contributed by atoms with Crippen LogP contribution in [0.2, 0.25) is 5.02 Å². The summed E-state index contributed by atoms with van der Waals surface area (Å²) in [5, 5.41) is 2.85. The highest BCUT2D eigenvalue weighted by Crippen LogP contribution is 2.27. The molecule has 2 saturated heterocycles. The second-order valence-electron chi connectivity index (χ2n) is 7.85. The van der Waals surface area contributed by atoms with Crippen LogP contribution in [0.5, 0.6) is 0 Å². The highest BCUT2D eigenvalue weighted by molar-refractivity contribution is 6.31. The normalized spacial score (nSPS) is 24.8. The highest BCUT2D eigenvalue weighted by Gasteiger charge is 2.49. The van der Waals surface area contributed by atoms with Crippen molar-refractivity contribution in [3.8, 4) is 0 Å². The topological polar surface area (TPSA) is 71.5 Å². The van der Waals surface area contributed by atoms with Gasteiger partial charge in [0.05, 0.1) is 0 Å². The van der Waals surface area contributed by atoms with Crippen molar-refractivity contribution >= 4 is 29.5 Å². The van der Waals surface area contributed by atoms with Gasteiger partial charge in [0, 0.05) is 56.9 Å². The molecule has 3 aliphatic rings. The van der Waals surface area contributed by atoms with Gasteiger partial charge < -0.3 is 14.7 Å². The summed E-state index contributed by atoms with van der Waals surface area (Å²) in [6, 6.07) is 3.82. The molecule has 2 fully saturated rings. The van der Waals surface area contributed by atoms with Gasteiger partial charge in [-0.15, -0.1) is 0 Å². The Morgan fingerprint density at radius 1 is 1.23 bits per heavy atom. The molecular formula is C20H26ClFN6O2. The van der Waals surface area contributed by atoms with E-state index in [-0.39, 0.29) is 11.7 Å². The first-order chi connectivity index (χ1) is 14.4. The lowest BCUT2D eigenvalue weighted by atomic mass is 10.1. The number of hydrogen-bond acceptors (Lipinski definition) is 6. The molecule has 162 valence electrons. The number of benzene rings is 1. The van der Waals surface area contributed by atoms with Crippen LogP contribution in [-0.2, 0) is 11.3 Å². The molecule has 4 rings (SSSR count). The van der Waals surface area contributed by atoms with E-state index in [9.17, 15) is 14.0 Å². The molecule has 10 heteroatoms. The molecular weight excluding hydrogens is 411 g/mol. The lowest BCUT2D eigenvalue weighted by molar-refractivity contribution is -0.127. The molecule has 3 aliphatic heterocycles. The summed E-state index contributed by atoms with van der Waals surface area (Å²) in [5.41, 5.74) is 0.515. The van der Waals surface area contributed by atoms with E-state index in [1.165, 1.54) is 11.0 Å². The van der Waals surface area contributed by atoms with Crippen LogP contribution in [0.1, 0.15) is 18.9 Å². The number of imide groups is 1. The van der Waals surface area contributed by atoms with Gasteiger partial charge in [-0.3, -0.25) is 15.0 Å². The molecule has 0 bridgehead atoms. The fourth-order valence-electron chi connectivity index (χ4n) is 4.27. The van der Waals surface area contributed by atoms with Crippen molar-refractivity contribution in [1.82, 2.24) is 24.9 Å². The third kappa shape index (κ3) is 3.72. The molecule has 3 amide bonds. The van der Waals surface area contributed by atoms with Crippen LogP contribution >= 0.6 is 11.6 Å². The molecule has 30 heavy (non-hydrogen) atoms. The average Bonchev–Trinajstić information content (AvgIpc) is 3.10. The van der Waals surface area contributed by atoms with Crippen molar-refractivity contribution in [3.63, 3.8) is 0 Å². The van der Waals surface area contributed by atoms with E-state index in [0.29, 0.717) is 36.8 Å². The number of nitrogens with one attached hydrogen (secondary N) is 1. The van der Waals surface area contributed by atoms with Gasteiger partial charge in [0.2, 0.25) is 0 Å². The molecule has 2 unspecified atom stereocenters. The maximum Gasteiger partial charge on any atom is 0.325 e. The lowest BCUT2D eigenvalue weighted by Crippen LogP contribution is -2.64. The molecule has 1 aromatic rings. The average molecular weight is 437 g/mol. The summed E-state index contributed by atoms with van der Waals surface area (Å²) in [5.74, 6) is 0.164. The van der Waals surface area contributed by atoms with Gasteiger partial charge in [0.25, 0.3) is 5.91 Å². The largest absolute Gasteiger partial charge is 0.340 e. The fourth-order valence-corrected chi connectivity index (χ4v) is 4.49. The molecule has 0 aliphatic carbocycles. The quantitative estimate of drug-likeness (QED) is 0.775. The first kappa shape index (κ1) is 20.9. The number of guanidine groups is 1. The number of carbonyl (C=O) groups excluding carboxylic acids is 2. The highest BCUT2D eigenvalue weighted by atomic mass is 35.5. The zero-order valence-electron chi connectivity index (χ0n) is 17.1. The number of rotatable bonds is 4. The number of aliphatic imine (C=N–C) groups is 1. The van der Waals surface area contributed by atoms with Crippen LogP contribution in [0.4, 0.5) is 9.18 Å². The van der Waals surface area contributed by atoms with E-state index in [0.717, 1.165) is 25.5 Å². The number of halogens is 2. The third-order valence-electron chi connectivity index (χ3n) is 5.90. The molecule has 0 radical (unpaired) electrons. The van der Waals surface area contributed by atoms with Crippen LogP contribution in [0.3, 0.4) is 0 Å². The van der Waals surface area contributed by atoms with Crippen LogP contribution in [0.25, 0.3) is 0 Å². The van der Waals surface area contributed by atoms with Crippen molar-refractivity contribution in [3.05, 3.63) is 34.6 Å². The van der Waals surface area contributed by atoms with Crippen molar-refractivity contribution in [2.45, 2.75) is 32.1 Å². The smallest absolute Gasteiger partial charge is 0.325 e. The lowest BCUT2D eigenvalue weighted by Gasteiger charge is -2.40. The molecule has 1 aromatic carbocycles. The second-order valence-corrected chi connectivity index (χ2v) is 8.26. The van der Waals surface area contributed by atoms with E-state index in [4.69, 9.17) is 16.6 Å². The summed E-state index contributed by atoms with van der Waals surface area (Å²) in [7, 11) is 1.66. The van der Waals surface area contributed by atoms with Crippen molar-refractivity contribution < 1.29 is 14.0 Å². The number of amides is 3. The van der Waals surface area contributed by atoms with E-state index in [2.05, 4.69) is 22.0 Å². The Bertz CT molecular complexity index is 853. The van der Waals surface area contributed by atoms with E-state index in [1.54, 1.807) is 19.2 Å². The monoisotopic (exact) mass is 436 g/mol. The number of carbonyl (C=O) groups is 2. The van der Waals surface area contributed by atoms with Crippen LogP contribution in [-0.4, -0.2) is 89.5 Å². The first-order valence-corrected chi connectivity index (χ1v) is 10.6. The standard InChI is InChI=1S/C20H26ClFN6O2/c1-3-7-28-16-17(25(2)20(30)24-18(16)29)23-19(28)27-10-8-26(9-11-27)12-13-14(21)5-4-6-15(13)22/h4-6,16-17H,3,7-12H2,1-2H3,(H,24,29,30). The Labute approximate surface area is 180 Å². The summed E-state index contributed by atoms with van der Waals surface area (Å²) < 4.78 is 14.1. The SMILES string of the molecule is CCCN1C(N2CCN(Cc3c(F)cccc3Cl)CC2)=NC2C1C(=O)NC(=O)N2C. The minimum absolute atomic E-state index is 0.290. The van der Waals surface area contributed by atoms with Gasteiger partial charge in [-0.05, 0) is 18.6 Å². The van der Waals surface area contributed by atoms with Gasteiger partial charge in [0.15, 0.2) is 18.2 Å². The van der Waals surface area contributed by atoms with Gasteiger partial charge in [0.1, 0.15) is 5.82 Å². The van der Waals surface area contributed by atoms with Crippen molar-refractivity contribution in [2.75, 3.05) is 39.8 Å². The number of fused-ring (bicyclic) bond motifs is 1. The third-order valence-corrected chi connectivity index (χ3v) is 6.26. The maximum atomic E-state index is 14.1. The summed E-state index contributed by atoms with van der Waals surface area (Å²) in [6.07, 6.45) is 0.349. The van der Waals surface area contributed by atoms with Gasteiger partial charge in [-0.2, -0.15) is 0 Å². The summed E-state index contributed by atoms with van der Waals surface area (Å²) >= 11 is 6.17. The predicted molar refractivity (Wildman–Crippen MR) is 112 cm³/mol. The number of urea groups is 1. The molecule has 2 atom stereocenters. The Kier molecular flexibility index (Phi) is 5.84. The summed E-state index contributed by atoms with van der Waals surface area (Å²) in [4.78, 5) is 37.1. The van der Waals surface area contributed by atoms with E-state index in [1.807, 2.05) is 4.90 Å². The number of hydrogen-bond donors (Lipinski definition) is 1. The number of nitrogens with zero attached hydrogens (tertiary/aromatic N) is 5. The molecule has 3 heterocycles. The molecule has 8 nitrogen and oxygen atoms in total. The molecule has 0 spiro atoms. The second kappa shape index (κ2) is 8.39. The predicted octanol–water partition coefficient (Wildman–Crippen LogP) is 1.55. The zero-order valence-corrected chi connectivity index (χ0v) is 17.9. The Balaban J connectivity index is 1.47. The van der Waals surface area contributed by atoms with Crippen LogP contribution in [0.15, 0.2) is 23.2 Å². The van der Waals surface area contributed by atoms with Crippen molar-refractivity contribution in [1.29, 1.82) is 0 Å².